The van der Waals surface area contributed by atoms with Gasteiger partial charge in [0, 0.05) is 52.2 Å². The third kappa shape index (κ3) is 12.7. The van der Waals surface area contributed by atoms with E-state index in [1.807, 2.05) is 7.05 Å². The lowest BCUT2D eigenvalue weighted by atomic mass is 10.3. The quantitative estimate of drug-likeness (QED) is 0.271. The smallest absolute Gasteiger partial charge is 0.305 e. The maximum absolute atomic E-state index is 12.0. The first-order chi connectivity index (χ1) is 13.2. The van der Waals surface area contributed by atoms with E-state index in [-0.39, 0.29) is 11.9 Å². The highest BCUT2D eigenvalue weighted by molar-refractivity contribution is 5.78. The minimum absolute atomic E-state index is 0.0224. The second kappa shape index (κ2) is 15.8. The Balaban J connectivity index is 1.95. The van der Waals surface area contributed by atoms with Crippen LogP contribution in [0.4, 0.5) is 0 Å². The molecule has 2 N–H and O–H groups in total. The van der Waals surface area contributed by atoms with Gasteiger partial charge in [0.15, 0.2) is 0 Å². The van der Waals surface area contributed by atoms with Crippen molar-refractivity contribution >= 4 is 11.9 Å². The van der Waals surface area contributed by atoms with Crippen molar-refractivity contribution in [1.29, 1.82) is 0 Å². The van der Waals surface area contributed by atoms with Gasteiger partial charge >= 0.3 is 5.97 Å². The summed E-state index contributed by atoms with van der Waals surface area (Å²) in [5.41, 5.74) is 0. The van der Waals surface area contributed by atoms with Gasteiger partial charge in [-0.3, -0.25) is 19.4 Å². The summed E-state index contributed by atoms with van der Waals surface area (Å²) in [6.07, 6.45) is 0.415. The van der Waals surface area contributed by atoms with Gasteiger partial charge in [0.2, 0.25) is 5.91 Å². The van der Waals surface area contributed by atoms with Gasteiger partial charge in [-0.05, 0) is 7.05 Å². The maximum atomic E-state index is 12.0. The first-order valence-electron chi connectivity index (χ1n) is 9.82. The zero-order chi connectivity index (χ0) is 19.7. The molecule has 1 heterocycles. The molecule has 0 spiro atoms. The van der Waals surface area contributed by atoms with Crippen LogP contribution in [0, 0.1) is 0 Å². The van der Waals surface area contributed by atoms with Crippen LogP contribution in [0.15, 0.2) is 0 Å². The van der Waals surface area contributed by atoms with E-state index in [4.69, 9.17) is 14.2 Å². The monoisotopic (exact) mass is 388 g/mol. The van der Waals surface area contributed by atoms with Crippen LogP contribution in [-0.2, 0) is 23.8 Å². The number of hydrogen-bond acceptors (Lipinski definition) is 8. The fourth-order valence-corrected chi connectivity index (χ4v) is 2.58. The minimum Gasteiger partial charge on any atom is -0.464 e. The molecule has 0 aromatic carbocycles. The van der Waals surface area contributed by atoms with Crippen LogP contribution in [0.2, 0.25) is 0 Å². The summed E-state index contributed by atoms with van der Waals surface area (Å²) in [4.78, 5) is 27.5. The molecule has 0 aliphatic carbocycles. The summed E-state index contributed by atoms with van der Waals surface area (Å²) in [5, 5.41) is 5.88. The number of nitrogens with one attached hydrogen (secondary N) is 2. The van der Waals surface area contributed by atoms with Gasteiger partial charge < -0.3 is 24.8 Å². The van der Waals surface area contributed by atoms with Crippen molar-refractivity contribution in [2.24, 2.45) is 0 Å². The van der Waals surface area contributed by atoms with Crippen LogP contribution in [0.3, 0.4) is 0 Å². The average Bonchev–Trinajstić information content (AvgIpc) is 2.68. The number of ether oxygens (including phenoxy) is 3. The van der Waals surface area contributed by atoms with Crippen LogP contribution in [0.5, 0.6) is 0 Å². The Hall–Kier alpha value is -1.26. The Bertz CT molecular complexity index is 403. The fourth-order valence-electron chi connectivity index (χ4n) is 2.58. The van der Waals surface area contributed by atoms with Crippen LogP contribution >= 0.6 is 0 Å². The van der Waals surface area contributed by atoms with Crippen molar-refractivity contribution in [1.82, 2.24) is 20.4 Å². The number of likely N-dealkylation sites (N-methyl/N-ethyl adjacent to an activating group) is 1. The van der Waals surface area contributed by atoms with Gasteiger partial charge in [-0.2, -0.15) is 0 Å². The molecule has 27 heavy (non-hydrogen) atoms. The van der Waals surface area contributed by atoms with E-state index in [2.05, 4.69) is 20.4 Å². The molecule has 0 unspecified atom stereocenters. The largest absolute Gasteiger partial charge is 0.464 e. The molecule has 0 atom stereocenters. The van der Waals surface area contributed by atoms with E-state index in [9.17, 15) is 9.59 Å². The highest BCUT2D eigenvalue weighted by atomic mass is 16.5. The predicted molar refractivity (Wildman–Crippen MR) is 103 cm³/mol. The summed E-state index contributed by atoms with van der Waals surface area (Å²) in [6, 6.07) is 0. The van der Waals surface area contributed by atoms with Crippen molar-refractivity contribution in [3.63, 3.8) is 0 Å². The molecular formula is C18H36N4O5. The second-order valence-corrected chi connectivity index (χ2v) is 6.37. The van der Waals surface area contributed by atoms with E-state index >= 15 is 0 Å². The van der Waals surface area contributed by atoms with Crippen LogP contribution in [-0.4, -0.2) is 114 Å². The Morgan fingerprint density at radius 1 is 0.889 bits per heavy atom. The van der Waals surface area contributed by atoms with Crippen LogP contribution < -0.4 is 10.6 Å². The summed E-state index contributed by atoms with van der Waals surface area (Å²) in [7, 11) is 1.88. The number of hydrogen-bond donors (Lipinski definition) is 2. The lowest BCUT2D eigenvalue weighted by Gasteiger charge is -2.34. The minimum atomic E-state index is -0.157. The molecular weight excluding hydrogens is 352 g/mol. The molecule has 9 nitrogen and oxygen atoms in total. The van der Waals surface area contributed by atoms with Crippen molar-refractivity contribution in [2.75, 3.05) is 92.4 Å². The number of nitrogens with zero attached hydrogens (tertiary/aromatic N) is 2. The fraction of sp³-hybridized carbons (Fsp3) is 0.889. The van der Waals surface area contributed by atoms with E-state index < -0.39 is 0 Å². The van der Waals surface area contributed by atoms with Gasteiger partial charge in [-0.25, -0.2) is 0 Å². The maximum Gasteiger partial charge on any atom is 0.305 e. The zero-order valence-corrected chi connectivity index (χ0v) is 16.8. The van der Waals surface area contributed by atoms with Crippen molar-refractivity contribution in [3.05, 3.63) is 0 Å². The van der Waals surface area contributed by atoms with E-state index in [1.54, 1.807) is 6.92 Å². The summed E-state index contributed by atoms with van der Waals surface area (Å²) < 4.78 is 15.9. The topological polar surface area (TPSA) is 92.4 Å². The molecule has 158 valence electrons. The van der Waals surface area contributed by atoms with Crippen molar-refractivity contribution in [3.8, 4) is 0 Å². The van der Waals surface area contributed by atoms with E-state index in [1.165, 1.54) is 0 Å². The molecule has 1 saturated heterocycles. The summed E-state index contributed by atoms with van der Waals surface area (Å²) in [5.74, 6) is -0.134. The number of carbonyl (C=O) groups excluding carboxylic acids is 2. The number of amides is 1. The van der Waals surface area contributed by atoms with Gasteiger partial charge in [-0.1, -0.05) is 6.92 Å². The predicted octanol–water partition coefficient (Wildman–Crippen LogP) is -1.07. The highest BCUT2D eigenvalue weighted by Gasteiger charge is 2.18. The molecule has 0 aromatic rings. The highest BCUT2D eigenvalue weighted by Crippen LogP contribution is 2.01. The number of rotatable bonds is 15. The summed E-state index contributed by atoms with van der Waals surface area (Å²) >= 11 is 0. The molecule has 0 bridgehead atoms. The van der Waals surface area contributed by atoms with Gasteiger partial charge in [0.25, 0.3) is 0 Å². The standard InChI is InChI=1S/C18H36N4O5/c1-3-18(24)27-13-10-21-6-8-22(9-7-21)16-17(23)20-5-12-26-15-14-25-11-4-19-2/h19H,3-16H2,1-2H3,(H,20,23). The molecule has 9 heteroatoms. The molecule has 0 aromatic heterocycles. The van der Waals surface area contributed by atoms with E-state index in [0.717, 1.165) is 39.3 Å². The van der Waals surface area contributed by atoms with Crippen molar-refractivity contribution in [2.45, 2.75) is 13.3 Å². The van der Waals surface area contributed by atoms with Gasteiger partial charge in [0.05, 0.1) is 33.0 Å². The average molecular weight is 389 g/mol. The lowest BCUT2D eigenvalue weighted by Crippen LogP contribution is -2.50. The lowest BCUT2D eigenvalue weighted by molar-refractivity contribution is -0.143. The number of piperazine rings is 1. The molecule has 1 amide bonds. The third-order valence-corrected chi connectivity index (χ3v) is 4.23. The van der Waals surface area contributed by atoms with Crippen LogP contribution in [0.25, 0.3) is 0 Å². The summed E-state index contributed by atoms with van der Waals surface area (Å²) in [6.45, 7) is 10.5. The molecule has 0 saturated carbocycles. The van der Waals surface area contributed by atoms with Crippen molar-refractivity contribution < 1.29 is 23.8 Å². The SMILES string of the molecule is CCC(=O)OCCN1CCN(CC(=O)NCCOCCOCCNC)CC1. The van der Waals surface area contributed by atoms with Gasteiger partial charge in [-0.15, -0.1) is 0 Å². The second-order valence-electron chi connectivity index (χ2n) is 6.37. The Labute approximate surface area is 162 Å². The molecule has 1 aliphatic rings. The normalized spacial score (nSPS) is 15.6. The first kappa shape index (κ1) is 23.8. The molecule has 1 aliphatic heterocycles. The Morgan fingerprint density at radius 3 is 2.15 bits per heavy atom. The molecule has 0 radical (unpaired) electrons. The Morgan fingerprint density at radius 2 is 1.52 bits per heavy atom. The van der Waals surface area contributed by atoms with E-state index in [0.29, 0.717) is 52.5 Å². The zero-order valence-electron chi connectivity index (χ0n) is 16.8. The third-order valence-electron chi connectivity index (χ3n) is 4.23. The van der Waals surface area contributed by atoms with Crippen LogP contribution in [0.1, 0.15) is 13.3 Å². The number of esters is 1. The molecule has 1 rings (SSSR count). The molecule has 1 fully saturated rings. The Kier molecular flexibility index (Phi) is 13.9. The number of carbonyl (C=O) groups is 2. The first-order valence-corrected chi connectivity index (χ1v) is 9.82. The van der Waals surface area contributed by atoms with Gasteiger partial charge in [0.1, 0.15) is 6.61 Å².